The zero-order valence-electron chi connectivity index (χ0n) is 30.0. The molecule has 0 saturated heterocycles. The van der Waals surface area contributed by atoms with Crippen molar-refractivity contribution in [2.24, 2.45) is 0 Å². The molecular formula is C45H42N6O2. The number of benzene rings is 5. The number of carbonyl (C=O) groups is 1. The first-order valence-electron chi connectivity index (χ1n) is 18.1. The van der Waals surface area contributed by atoms with Crippen LogP contribution in [-0.4, -0.2) is 44.3 Å². The molecule has 7 rings (SSSR count). The Hall–Kier alpha value is -6.41. The molecule has 0 aliphatic rings. The van der Waals surface area contributed by atoms with E-state index < -0.39 is 5.54 Å². The zero-order chi connectivity index (χ0) is 36.5. The Morgan fingerprint density at radius 1 is 0.698 bits per heavy atom. The van der Waals surface area contributed by atoms with Crippen LogP contribution in [0.15, 0.2) is 158 Å². The molecule has 8 nitrogen and oxygen atoms in total. The van der Waals surface area contributed by atoms with E-state index in [1.165, 1.54) is 0 Å². The maximum atomic E-state index is 12.7. The van der Waals surface area contributed by atoms with Crippen LogP contribution in [0.5, 0.6) is 0 Å². The highest BCUT2D eigenvalue weighted by Gasteiger charge is 2.42. The van der Waals surface area contributed by atoms with Gasteiger partial charge < -0.3 is 9.64 Å². The van der Waals surface area contributed by atoms with Gasteiger partial charge in [0.05, 0.1) is 18.0 Å². The highest BCUT2D eigenvalue weighted by atomic mass is 16.5. The molecule has 264 valence electrons. The van der Waals surface area contributed by atoms with E-state index in [4.69, 9.17) is 15.0 Å². The van der Waals surface area contributed by atoms with E-state index in [9.17, 15) is 4.79 Å². The van der Waals surface area contributed by atoms with Crippen LogP contribution in [0.4, 0.5) is 5.69 Å². The monoisotopic (exact) mass is 698 g/mol. The van der Waals surface area contributed by atoms with Crippen LogP contribution in [0, 0.1) is 0 Å². The van der Waals surface area contributed by atoms with Crippen molar-refractivity contribution < 1.29 is 9.53 Å². The average molecular weight is 699 g/mol. The maximum absolute atomic E-state index is 12.7. The number of rotatable bonds is 14. The van der Waals surface area contributed by atoms with Gasteiger partial charge in [0.15, 0.2) is 5.82 Å². The van der Waals surface area contributed by atoms with Gasteiger partial charge in [0.25, 0.3) is 0 Å². The Kier molecular flexibility index (Phi) is 10.8. The topological polar surface area (TPSA) is 86.0 Å². The lowest BCUT2D eigenvalue weighted by Gasteiger charge is -2.36. The van der Waals surface area contributed by atoms with Gasteiger partial charge in [-0.25, -0.2) is 4.68 Å². The van der Waals surface area contributed by atoms with Gasteiger partial charge in [-0.15, -0.1) is 5.10 Å². The molecule has 2 aromatic heterocycles. The molecule has 8 heteroatoms. The first-order valence-corrected chi connectivity index (χ1v) is 18.1. The van der Waals surface area contributed by atoms with Crippen LogP contribution in [0.1, 0.15) is 48.2 Å². The standard InChI is InChI=1S/C45H42N6O2/c1-3-17-41-42(26-16-31-46-41)50(33-43(52)53-4-2)32-34-27-29-35(30-28-34)39-24-14-15-25-40(39)44-47-48-49-51(44)45(36-18-8-5-9-19-36,37-20-10-6-11-21-37)38-22-12-7-13-23-38/h5-16,18-31H,3-4,17,32-33H2,1-2H3. The number of esters is 1. The molecule has 0 fully saturated rings. The fourth-order valence-electron chi connectivity index (χ4n) is 7.16. The van der Waals surface area contributed by atoms with Crippen molar-refractivity contribution in [2.45, 2.75) is 38.8 Å². The number of ether oxygens (including phenoxy) is 1. The molecule has 0 spiro atoms. The Balaban J connectivity index is 1.30. The normalized spacial score (nSPS) is 11.3. The van der Waals surface area contributed by atoms with E-state index in [0.717, 1.165) is 63.2 Å². The first-order chi connectivity index (χ1) is 26.1. The van der Waals surface area contributed by atoms with Gasteiger partial charge in [0.1, 0.15) is 12.1 Å². The van der Waals surface area contributed by atoms with Crippen molar-refractivity contribution in [1.82, 2.24) is 25.2 Å². The third-order valence-corrected chi connectivity index (χ3v) is 9.49. The lowest BCUT2D eigenvalue weighted by molar-refractivity contribution is -0.141. The predicted molar refractivity (Wildman–Crippen MR) is 209 cm³/mol. The molecule has 0 radical (unpaired) electrons. The van der Waals surface area contributed by atoms with Crippen LogP contribution < -0.4 is 4.90 Å². The molecule has 53 heavy (non-hydrogen) atoms. The number of tetrazole rings is 1. The Morgan fingerprint density at radius 3 is 1.87 bits per heavy atom. The number of hydrogen-bond donors (Lipinski definition) is 0. The van der Waals surface area contributed by atoms with Gasteiger partial charge in [0.2, 0.25) is 0 Å². The SMILES string of the molecule is CCCc1ncccc1N(CC(=O)OCC)Cc1ccc(-c2ccccc2-c2nnnn2C(c2ccccc2)(c2ccccc2)c2ccccc2)cc1. The van der Waals surface area contributed by atoms with Crippen LogP contribution in [-0.2, 0) is 28.0 Å². The van der Waals surface area contributed by atoms with Crippen LogP contribution >= 0.6 is 0 Å². The van der Waals surface area contributed by atoms with Gasteiger partial charge in [-0.2, -0.15) is 0 Å². The summed E-state index contributed by atoms with van der Waals surface area (Å²) in [6.45, 7) is 4.95. The summed E-state index contributed by atoms with van der Waals surface area (Å²) >= 11 is 0. The van der Waals surface area contributed by atoms with Crippen LogP contribution in [0.25, 0.3) is 22.5 Å². The molecule has 5 aromatic carbocycles. The van der Waals surface area contributed by atoms with E-state index in [0.29, 0.717) is 19.0 Å². The highest BCUT2D eigenvalue weighted by Crippen LogP contribution is 2.43. The second-order valence-corrected chi connectivity index (χ2v) is 12.8. The molecular weight excluding hydrogens is 657 g/mol. The minimum atomic E-state index is -0.870. The van der Waals surface area contributed by atoms with E-state index in [-0.39, 0.29) is 12.5 Å². The van der Waals surface area contributed by atoms with Crippen LogP contribution in [0.2, 0.25) is 0 Å². The summed E-state index contributed by atoms with van der Waals surface area (Å²) in [5.41, 5.74) is 8.15. The molecule has 0 unspecified atom stereocenters. The predicted octanol–water partition coefficient (Wildman–Crippen LogP) is 8.76. The second kappa shape index (κ2) is 16.3. The fraction of sp³-hybridized carbons (Fsp3) is 0.178. The molecule has 0 saturated carbocycles. The summed E-state index contributed by atoms with van der Waals surface area (Å²) < 4.78 is 7.32. The fourth-order valence-corrected chi connectivity index (χ4v) is 7.16. The Labute approximate surface area is 310 Å². The van der Waals surface area contributed by atoms with Crippen molar-refractivity contribution in [3.8, 4) is 22.5 Å². The molecule has 2 heterocycles. The smallest absolute Gasteiger partial charge is 0.325 e. The van der Waals surface area contributed by atoms with Crippen molar-refractivity contribution in [3.63, 3.8) is 0 Å². The number of anilines is 1. The lowest BCUT2D eigenvalue weighted by Crippen LogP contribution is -2.39. The number of carbonyl (C=O) groups excluding carboxylic acids is 1. The molecule has 0 bridgehead atoms. The molecule has 7 aromatic rings. The minimum absolute atomic E-state index is 0.134. The van der Waals surface area contributed by atoms with E-state index in [2.05, 4.69) is 131 Å². The molecule has 0 aliphatic heterocycles. The largest absolute Gasteiger partial charge is 0.465 e. The van der Waals surface area contributed by atoms with Gasteiger partial charge in [0, 0.05) is 18.3 Å². The van der Waals surface area contributed by atoms with Crippen LogP contribution in [0.3, 0.4) is 0 Å². The van der Waals surface area contributed by atoms with Crippen molar-refractivity contribution in [3.05, 3.63) is 186 Å². The minimum Gasteiger partial charge on any atom is -0.465 e. The van der Waals surface area contributed by atoms with Gasteiger partial charge in [-0.05, 0) is 69.3 Å². The summed E-state index contributed by atoms with van der Waals surface area (Å²) in [7, 11) is 0. The highest BCUT2D eigenvalue weighted by molar-refractivity contribution is 5.81. The lowest BCUT2D eigenvalue weighted by atomic mass is 9.77. The first kappa shape index (κ1) is 35.0. The zero-order valence-corrected chi connectivity index (χ0v) is 30.0. The maximum Gasteiger partial charge on any atom is 0.325 e. The Morgan fingerprint density at radius 2 is 1.28 bits per heavy atom. The quantitative estimate of drug-likeness (QED) is 0.0829. The number of hydrogen-bond acceptors (Lipinski definition) is 7. The third-order valence-electron chi connectivity index (χ3n) is 9.49. The number of aryl methyl sites for hydroxylation is 1. The van der Waals surface area contributed by atoms with Gasteiger partial charge >= 0.3 is 5.97 Å². The molecule has 0 atom stereocenters. The second-order valence-electron chi connectivity index (χ2n) is 12.8. The third kappa shape index (κ3) is 7.21. The molecule has 0 aliphatic carbocycles. The molecule has 0 N–H and O–H groups in total. The average Bonchev–Trinajstić information content (AvgIpc) is 3.70. The Bertz CT molecular complexity index is 2140. The molecule has 0 amide bonds. The summed E-state index contributed by atoms with van der Waals surface area (Å²) in [6.07, 6.45) is 3.59. The van der Waals surface area contributed by atoms with E-state index in [1.807, 2.05) is 60.3 Å². The van der Waals surface area contributed by atoms with E-state index in [1.54, 1.807) is 0 Å². The van der Waals surface area contributed by atoms with Gasteiger partial charge in [-0.3, -0.25) is 9.78 Å². The van der Waals surface area contributed by atoms with Crippen molar-refractivity contribution in [2.75, 3.05) is 18.1 Å². The summed E-state index contributed by atoms with van der Waals surface area (Å²) in [5, 5.41) is 13.8. The summed E-state index contributed by atoms with van der Waals surface area (Å²) in [5.74, 6) is 0.376. The van der Waals surface area contributed by atoms with E-state index >= 15 is 0 Å². The van der Waals surface area contributed by atoms with Gasteiger partial charge in [-0.1, -0.05) is 153 Å². The number of nitrogens with zero attached hydrogens (tertiary/aromatic N) is 6. The van der Waals surface area contributed by atoms with Crippen molar-refractivity contribution >= 4 is 11.7 Å². The number of aromatic nitrogens is 5. The summed E-state index contributed by atoms with van der Waals surface area (Å²) in [4.78, 5) is 19.4. The van der Waals surface area contributed by atoms with Crippen molar-refractivity contribution in [1.29, 1.82) is 0 Å². The number of pyridine rings is 1. The summed E-state index contributed by atoms with van der Waals surface area (Å²) in [6, 6.07) is 51.9.